The Morgan fingerprint density at radius 2 is 1.76 bits per heavy atom. The zero-order valence-electron chi connectivity index (χ0n) is 18.5. The Kier molecular flexibility index (Phi) is 6.72. The van der Waals surface area contributed by atoms with Gasteiger partial charge in [-0.1, -0.05) is 0 Å². The van der Waals surface area contributed by atoms with Crippen molar-refractivity contribution in [2.24, 2.45) is 0 Å². The molecule has 6 atom stereocenters. The van der Waals surface area contributed by atoms with E-state index < -0.39 is 71.2 Å². The predicted molar refractivity (Wildman–Crippen MR) is 108 cm³/mol. The zero-order chi connectivity index (χ0) is 24.5. The zero-order valence-corrected chi connectivity index (χ0v) is 18.5. The van der Waals surface area contributed by atoms with E-state index in [1.807, 2.05) is 0 Å². The molecule has 1 amide bonds. The van der Waals surface area contributed by atoms with Crippen molar-refractivity contribution < 1.29 is 38.1 Å². The first-order valence-electron chi connectivity index (χ1n) is 10.2. The largest absolute Gasteiger partial charge is 0.460 e. The highest BCUT2D eigenvalue weighted by molar-refractivity contribution is 5.74. The van der Waals surface area contributed by atoms with E-state index in [1.54, 1.807) is 0 Å². The number of hydrogen-bond acceptors (Lipinski definition) is 10. The Morgan fingerprint density at radius 1 is 1.09 bits per heavy atom. The summed E-state index contributed by atoms with van der Waals surface area (Å²) in [4.78, 5) is 73.8. The molecule has 2 N–H and O–H groups in total. The van der Waals surface area contributed by atoms with Crippen LogP contribution in [0.1, 0.15) is 46.8 Å². The summed E-state index contributed by atoms with van der Waals surface area (Å²) in [5.41, 5.74) is -3.13. The van der Waals surface area contributed by atoms with Crippen LogP contribution in [0.15, 0.2) is 21.9 Å². The topological polar surface area (TPSA) is 172 Å². The number of rotatable bonds is 5. The van der Waals surface area contributed by atoms with Crippen LogP contribution < -0.4 is 16.6 Å². The summed E-state index contributed by atoms with van der Waals surface area (Å²) in [6.07, 6.45) is -3.35. The first-order chi connectivity index (χ1) is 15.4. The van der Waals surface area contributed by atoms with E-state index in [0.717, 1.165) is 30.7 Å². The van der Waals surface area contributed by atoms with Crippen LogP contribution in [0.5, 0.6) is 0 Å². The number of aromatic amines is 1. The van der Waals surface area contributed by atoms with Gasteiger partial charge in [0, 0.05) is 40.0 Å². The maximum atomic E-state index is 12.5. The molecule has 1 aromatic rings. The van der Waals surface area contributed by atoms with Crippen molar-refractivity contribution in [2.75, 3.05) is 0 Å². The molecule has 1 saturated heterocycles. The van der Waals surface area contributed by atoms with Crippen molar-refractivity contribution in [3.8, 4) is 0 Å². The van der Waals surface area contributed by atoms with Gasteiger partial charge in [-0.05, 0) is 12.8 Å². The number of carbonyl (C=O) groups excluding carboxylic acids is 4. The number of carbonyl (C=O) groups is 4. The first-order valence-corrected chi connectivity index (χ1v) is 10.2. The summed E-state index contributed by atoms with van der Waals surface area (Å²) >= 11 is 0. The van der Waals surface area contributed by atoms with Crippen LogP contribution in [0.25, 0.3) is 0 Å². The molecular weight excluding hydrogens is 442 g/mol. The van der Waals surface area contributed by atoms with Crippen molar-refractivity contribution in [1.29, 1.82) is 0 Å². The Bertz CT molecular complexity index is 1080. The summed E-state index contributed by atoms with van der Waals surface area (Å²) in [5.74, 6) is -2.54. The molecule has 1 unspecified atom stereocenters. The molecular formula is C20H25N3O10. The van der Waals surface area contributed by atoms with Crippen molar-refractivity contribution >= 4 is 23.8 Å². The second-order valence-corrected chi connectivity index (χ2v) is 7.96. The van der Waals surface area contributed by atoms with Crippen LogP contribution >= 0.6 is 0 Å². The number of fused-ring (bicyclic) bond motifs is 1. The van der Waals surface area contributed by atoms with Crippen molar-refractivity contribution in [3.63, 3.8) is 0 Å². The van der Waals surface area contributed by atoms with E-state index in [4.69, 9.17) is 18.9 Å². The fourth-order valence-electron chi connectivity index (χ4n) is 4.51. The fraction of sp³-hybridized carbons (Fsp3) is 0.600. The summed E-state index contributed by atoms with van der Waals surface area (Å²) in [6.45, 7) is 4.74. The third-order valence-electron chi connectivity index (χ3n) is 5.49. The minimum Gasteiger partial charge on any atom is -0.460 e. The van der Waals surface area contributed by atoms with Crippen molar-refractivity contribution in [2.45, 2.75) is 76.7 Å². The van der Waals surface area contributed by atoms with Gasteiger partial charge in [0.1, 0.15) is 12.2 Å². The lowest BCUT2D eigenvalue weighted by atomic mass is 9.75. The van der Waals surface area contributed by atoms with Gasteiger partial charge >= 0.3 is 23.6 Å². The van der Waals surface area contributed by atoms with E-state index in [0.29, 0.717) is 0 Å². The molecule has 0 spiro atoms. The summed E-state index contributed by atoms with van der Waals surface area (Å²) in [5, 5.41) is 2.66. The highest BCUT2D eigenvalue weighted by atomic mass is 16.7. The number of nitrogens with zero attached hydrogens (tertiary/aromatic N) is 1. The molecule has 180 valence electrons. The number of ether oxygens (including phenoxy) is 4. The molecule has 13 nitrogen and oxygen atoms in total. The molecule has 1 saturated carbocycles. The number of esters is 3. The molecule has 0 aromatic carbocycles. The van der Waals surface area contributed by atoms with E-state index in [-0.39, 0.29) is 12.8 Å². The minimum atomic E-state index is -1.62. The number of nitrogens with one attached hydrogen (secondary N) is 2. The molecule has 13 heteroatoms. The Balaban J connectivity index is 2.17. The highest BCUT2D eigenvalue weighted by Crippen LogP contribution is 2.49. The number of H-pyrrole nitrogens is 1. The minimum absolute atomic E-state index is 0.0256. The second-order valence-electron chi connectivity index (χ2n) is 7.96. The first kappa shape index (κ1) is 24.2. The molecule has 3 rings (SSSR count). The van der Waals surface area contributed by atoms with Gasteiger partial charge < -0.3 is 24.3 Å². The second kappa shape index (κ2) is 9.17. The van der Waals surface area contributed by atoms with Gasteiger partial charge in [0.15, 0.2) is 17.9 Å². The van der Waals surface area contributed by atoms with Crippen LogP contribution in [0.3, 0.4) is 0 Å². The maximum absolute atomic E-state index is 12.5. The third-order valence-corrected chi connectivity index (χ3v) is 5.49. The number of amides is 1. The Hall–Kier alpha value is -3.48. The monoisotopic (exact) mass is 467 g/mol. The fourth-order valence-corrected chi connectivity index (χ4v) is 4.51. The standard InChI is InChI=1S/C20H25N3O10/c1-9(24)21-15-13(30-10(2)25)5-7-20(33-12(4)27)16(15)32-18(17(20)31-11(3)26)23-8-6-14(28)22-19(23)29/h6,8,13,15-18H,5,7H2,1-4H3,(H,21,24)(H,22,28,29)/t13-,15-,16+,17-,18?,20+/m0/s1. The van der Waals surface area contributed by atoms with Gasteiger partial charge in [-0.15, -0.1) is 0 Å². The van der Waals surface area contributed by atoms with E-state index in [2.05, 4.69) is 10.3 Å². The van der Waals surface area contributed by atoms with Gasteiger partial charge in [0.2, 0.25) is 5.91 Å². The van der Waals surface area contributed by atoms with Gasteiger partial charge in [0.05, 0.1) is 6.04 Å². The number of aromatic nitrogens is 2. The van der Waals surface area contributed by atoms with Crippen LogP contribution in [0, 0.1) is 0 Å². The summed E-state index contributed by atoms with van der Waals surface area (Å²) in [6, 6.07) is 0.0734. The SMILES string of the molecule is CC(=O)N[C@H]1[C@@H](OC(C)=O)CC[C@@]2(OC(C)=O)[C@@H]1OC(n1ccc(=O)[nH]c1=O)[C@@H]2OC(C)=O. The molecule has 0 radical (unpaired) electrons. The quantitative estimate of drug-likeness (QED) is 0.400. The molecule has 2 aliphatic rings. The van der Waals surface area contributed by atoms with Crippen LogP contribution in [0.2, 0.25) is 0 Å². The molecule has 2 heterocycles. The average Bonchev–Trinajstić information content (AvgIpc) is 2.96. The van der Waals surface area contributed by atoms with E-state index >= 15 is 0 Å². The van der Waals surface area contributed by atoms with E-state index in [1.165, 1.54) is 13.8 Å². The Labute approximate surface area is 187 Å². The normalized spacial score (nSPS) is 30.6. The molecule has 2 fully saturated rings. The lowest BCUT2D eigenvalue weighted by Gasteiger charge is -2.46. The van der Waals surface area contributed by atoms with Gasteiger partial charge in [-0.2, -0.15) is 0 Å². The highest BCUT2D eigenvalue weighted by Gasteiger charge is 2.67. The van der Waals surface area contributed by atoms with Crippen LogP contribution in [-0.4, -0.2) is 63.3 Å². The van der Waals surface area contributed by atoms with Crippen molar-refractivity contribution in [1.82, 2.24) is 14.9 Å². The lowest BCUT2D eigenvalue weighted by Crippen LogP contribution is -2.66. The maximum Gasteiger partial charge on any atom is 0.330 e. The third kappa shape index (κ3) is 4.82. The Morgan fingerprint density at radius 3 is 2.30 bits per heavy atom. The van der Waals surface area contributed by atoms with Gasteiger partial charge in [-0.3, -0.25) is 33.5 Å². The average molecular weight is 467 g/mol. The summed E-state index contributed by atoms with van der Waals surface area (Å²) in [7, 11) is 0. The van der Waals surface area contributed by atoms with Gasteiger partial charge in [-0.25, -0.2) is 4.79 Å². The van der Waals surface area contributed by atoms with Gasteiger partial charge in [0.25, 0.3) is 5.56 Å². The molecule has 0 bridgehead atoms. The molecule has 1 aliphatic carbocycles. The van der Waals surface area contributed by atoms with Crippen LogP contribution in [0.4, 0.5) is 0 Å². The molecule has 33 heavy (non-hydrogen) atoms. The number of hydrogen-bond donors (Lipinski definition) is 2. The lowest BCUT2D eigenvalue weighted by molar-refractivity contribution is -0.199. The van der Waals surface area contributed by atoms with Crippen molar-refractivity contribution in [3.05, 3.63) is 33.1 Å². The summed E-state index contributed by atoms with van der Waals surface area (Å²) < 4.78 is 23.6. The molecule has 1 aliphatic heterocycles. The smallest absolute Gasteiger partial charge is 0.330 e. The predicted octanol–water partition coefficient (Wildman–Crippen LogP) is -1.10. The molecule has 1 aromatic heterocycles. The van der Waals surface area contributed by atoms with Crippen LogP contribution in [-0.2, 0) is 38.1 Å². The van der Waals surface area contributed by atoms with E-state index in [9.17, 15) is 28.8 Å².